The molecule has 12 heteroatoms. The number of hydrogen-bond donors (Lipinski definition) is 2. The van der Waals surface area contributed by atoms with Gasteiger partial charge in [0, 0.05) is 0 Å². The molecule has 1 amide bonds. The lowest BCUT2D eigenvalue weighted by Gasteiger charge is -2.24. The molecule has 0 bridgehead atoms. The van der Waals surface area contributed by atoms with Crippen LogP contribution in [0.3, 0.4) is 0 Å². The van der Waals surface area contributed by atoms with Crippen LogP contribution in [-0.4, -0.2) is 41.4 Å². The van der Waals surface area contributed by atoms with E-state index in [9.17, 15) is 18.3 Å². The van der Waals surface area contributed by atoms with Gasteiger partial charge in [-0.2, -0.15) is 5.26 Å². The van der Waals surface area contributed by atoms with E-state index in [2.05, 4.69) is 10.2 Å². The Balaban J connectivity index is 1.88. The lowest BCUT2D eigenvalue weighted by Crippen LogP contribution is -2.45. The standard InChI is InChI=1S/C22H20FN5O5S/c1-22(2,30)21-27-26-19(33-21)14-7-17-18(8-15(14)23)34(31,32)11-16(25)20(29)28(17)10-13-5-3-12(9-24)4-6-13/h3-8,16,30H,10-11,25H2,1-2H3/t16-/m0/s1. The molecule has 0 radical (unpaired) electrons. The fourth-order valence-electron chi connectivity index (χ4n) is 3.49. The second kappa shape index (κ2) is 8.28. The summed E-state index contributed by atoms with van der Waals surface area (Å²) in [5.74, 6) is -2.79. The molecule has 1 atom stereocenters. The maximum atomic E-state index is 15.1. The molecule has 1 aliphatic rings. The van der Waals surface area contributed by atoms with Gasteiger partial charge in [-0.05, 0) is 43.7 Å². The van der Waals surface area contributed by atoms with Crippen molar-refractivity contribution in [3.05, 3.63) is 59.2 Å². The SMILES string of the molecule is CC(C)(O)c1nnc(-c2cc3c(cc2F)S(=O)(=O)C[C@H](N)C(=O)N3Cc2ccc(C#N)cc2)o1. The van der Waals surface area contributed by atoms with Gasteiger partial charge in [-0.15, -0.1) is 10.2 Å². The predicted octanol–water partition coefficient (Wildman–Crippen LogP) is 1.62. The third kappa shape index (κ3) is 4.28. The average Bonchev–Trinajstić information content (AvgIpc) is 3.25. The van der Waals surface area contributed by atoms with Crippen molar-refractivity contribution >= 4 is 21.4 Å². The van der Waals surface area contributed by atoms with Crippen LogP contribution in [0.5, 0.6) is 0 Å². The zero-order valence-corrected chi connectivity index (χ0v) is 19.0. The van der Waals surface area contributed by atoms with Crippen LogP contribution in [0.15, 0.2) is 45.7 Å². The molecule has 1 aliphatic heterocycles. The molecule has 0 unspecified atom stereocenters. The Labute approximate surface area is 194 Å². The second-order valence-corrected chi connectivity index (χ2v) is 10.4. The van der Waals surface area contributed by atoms with Crippen LogP contribution in [-0.2, 0) is 26.8 Å². The van der Waals surface area contributed by atoms with E-state index in [0.29, 0.717) is 11.1 Å². The number of benzene rings is 2. The molecule has 0 spiro atoms. The first-order valence-corrected chi connectivity index (χ1v) is 11.7. The minimum Gasteiger partial charge on any atom is -0.417 e. The topological polar surface area (TPSA) is 163 Å². The highest BCUT2D eigenvalue weighted by Crippen LogP contribution is 2.37. The molecule has 3 N–H and O–H groups in total. The number of nitrogens with two attached hydrogens (primary N) is 1. The maximum Gasteiger partial charge on any atom is 0.250 e. The van der Waals surface area contributed by atoms with Crippen LogP contribution in [0.2, 0.25) is 0 Å². The zero-order chi connectivity index (χ0) is 24.8. The molecular weight excluding hydrogens is 465 g/mol. The number of nitriles is 1. The van der Waals surface area contributed by atoms with Gasteiger partial charge in [0.15, 0.2) is 9.84 Å². The van der Waals surface area contributed by atoms with Crippen molar-refractivity contribution in [3.8, 4) is 17.5 Å². The van der Waals surface area contributed by atoms with Crippen molar-refractivity contribution < 1.29 is 27.1 Å². The summed E-state index contributed by atoms with van der Waals surface area (Å²) in [4.78, 5) is 13.9. The van der Waals surface area contributed by atoms with E-state index in [1.54, 1.807) is 24.3 Å². The number of aliphatic hydroxyl groups is 1. The molecule has 176 valence electrons. The first kappa shape index (κ1) is 23.5. The lowest BCUT2D eigenvalue weighted by atomic mass is 10.1. The second-order valence-electron chi connectivity index (χ2n) is 8.39. The van der Waals surface area contributed by atoms with Gasteiger partial charge in [-0.3, -0.25) is 4.79 Å². The van der Waals surface area contributed by atoms with Crippen molar-refractivity contribution in [2.24, 2.45) is 5.73 Å². The maximum absolute atomic E-state index is 15.1. The summed E-state index contributed by atoms with van der Waals surface area (Å²) in [6.07, 6.45) is 0. The van der Waals surface area contributed by atoms with Crippen molar-refractivity contribution in [2.75, 3.05) is 10.7 Å². The lowest BCUT2D eigenvalue weighted by molar-refractivity contribution is -0.119. The molecule has 2 heterocycles. The van der Waals surface area contributed by atoms with Crippen molar-refractivity contribution in [2.45, 2.75) is 36.9 Å². The van der Waals surface area contributed by atoms with Crippen LogP contribution in [0.1, 0.15) is 30.9 Å². The molecule has 0 saturated carbocycles. The molecule has 3 aromatic rings. The van der Waals surface area contributed by atoms with Crippen molar-refractivity contribution in [3.63, 3.8) is 0 Å². The number of carbonyl (C=O) groups is 1. The summed E-state index contributed by atoms with van der Waals surface area (Å²) in [6, 6.07) is 8.92. The van der Waals surface area contributed by atoms with Gasteiger partial charge >= 0.3 is 0 Å². The minimum absolute atomic E-state index is 0.0788. The molecular formula is C22H20FN5O5S. The largest absolute Gasteiger partial charge is 0.417 e. The Kier molecular flexibility index (Phi) is 5.72. The summed E-state index contributed by atoms with van der Waals surface area (Å²) in [5, 5.41) is 26.5. The third-order valence-corrected chi connectivity index (χ3v) is 7.05. The van der Waals surface area contributed by atoms with Gasteiger partial charge in [-0.1, -0.05) is 12.1 Å². The fourth-order valence-corrected chi connectivity index (χ4v) is 5.06. The van der Waals surface area contributed by atoms with Crippen LogP contribution in [0.4, 0.5) is 10.1 Å². The summed E-state index contributed by atoms with van der Waals surface area (Å²) in [6.45, 7) is 2.73. The number of amides is 1. The molecule has 1 aromatic heterocycles. The Morgan fingerprint density at radius 2 is 1.97 bits per heavy atom. The highest BCUT2D eigenvalue weighted by atomic mass is 32.2. The smallest absolute Gasteiger partial charge is 0.250 e. The van der Waals surface area contributed by atoms with Crippen LogP contribution in [0, 0.1) is 17.1 Å². The van der Waals surface area contributed by atoms with E-state index in [4.69, 9.17) is 15.4 Å². The summed E-state index contributed by atoms with van der Waals surface area (Å²) in [7, 11) is -4.11. The van der Waals surface area contributed by atoms with Gasteiger partial charge < -0.3 is 20.2 Å². The average molecular weight is 485 g/mol. The van der Waals surface area contributed by atoms with Crippen LogP contribution in [0.25, 0.3) is 11.5 Å². The highest BCUT2D eigenvalue weighted by Gasteiger charge is 2.37. The van der Waals surface area contributed by atoms with Gasteiger partial charge in [0.1, 0.15) is 11.4 Å². The molecule has 4 rings (SSSR count). The number of hydrogen-bond acceptors (Lipinski definition) is 9. The molecule has 2 aromatic carbocycles. The van der Waals surface area contributed by atoms with Gasteiger partial charge in [0.05, 0.1) is 46.1 Å². The minimum atomic E-state index is -4.11. The predicted molar refractivity (Wildman–Crippen MR) is 117 cm³/mol. The van der Waals surface area contributed by atoms with Crippen molar-refractivity contribution in [1.82, 2.24) is 10.2 Å². The number of fused-ring (bicyclic) bond motifs is 1. The van der Waals surface area contributed by atoms with E-state index < -0.39 is 43.9 Å². The number of sulfone groups is 1. The number of rotatable bonds is 4. The van der Waals surface area contributed by atoms with E-state index in [1.165, 1.54) is 13.8 Å². The molecule has 34 heavy (non-hydrogen) atoms. The number of anilines is 1. The normalized spacial score (nSPS) is 17.7. The Morgan fingerprint density at radius 1 is 1.29 bits per heavy atom. The Hall–Kier alpha value is -3.66. The van der Waals surface area contributed by atoms with Crippen LogP contribution < -0.4 is 10.6 Å². The van der Waals surface area contributed by atoms with E-state index in [1.807, 2.05) is 6.07 Å². The van der Waals surface area contributed by atoms with E-state index >= 15 is 4.39 Å². The van der Waals surface area contributed by atoms with Gasteiger partial charge in [-0.25, -0.2) is 12.8 Å². The zero-order valence-electron chi connectivity index (χ0n) is 18.2. The van der Waals surface area contributed by atoms with E-state index in [0.717, 1.165) is 17.0 Å². The Morgan fingerprint density at radius 3 is 2.56 bits per heavy atom. The van der Waals surface area contributed by atoms with Gasteiger partial charge in [0.2, 0.25) is 11.8 Å². The van der Waals surface area contributed by atoms with Crippen LogP contribution >= 0.6 is 0 Å². The molecule has 0 aliphatic carbocycles. The number of carbonyl (C=O) groups excluding carboxylic acids is 1. The monoisotopic (exact) mass is 485 g/mol. The first-order valence-electron chi connectivity index (χ1n) is 10.1. The number of nitrogens with zero attached hydrogens (tertiary/aromatic N) is 4. The Bertz CT molecular complexity index is 1420. The van der Waals surface area contributed by atoms with Crippen molar-refractivity contribution in [1.29, 1.82) is 5.26 Å². The third-order valence-electron chi connectivity index (χ3n) is 5.26. The summed E-state index contributed by atoms with van der Waals surface area (Å²) < 4.78 is 46.3. The molecule has 0 saturated heterocycles. The fraction of sp³-hybridized carbons (Fsp3) is 0.273. The number of halogens is 1. The quantitative estimate of drug-likeness (QED) is 0.559. The van der Waals surface area contributed by atoms with E-state index in [-0.39, 0.29) is 29.6 Å². The molecule has 10 nitrogen and oxygen atoms in total. The highest BCUT2D eigenvalue weighted by molar-refractivity contribution is 7.91. The number of aromatic nitrogens is 2. The first-order chi connectivity index (χ1) is 15.9. The molecule has 0 fully saturated rings. The summed E-state index contributed by atoms with van der Waals surface area (Å²) in [5.41, 5.74) is 5.07. The van der Waals surface area contributed by atoms with Gasteiger partial charge in [0.25, 0.3) is 5.89 Å². The summed E-state index contributed by atoms with van der Waals surface area (Å²) >= 11 is 0.